The molecule has 6 nitrogen and oxygen atoms in total. The molecule has 31 heavy (non-hydrogen) atoms. The first-order valence-corrected chi connectivity index (χ1v) is 10.6. The fourth-order valence-electron chi connectivity index (χ4n) is 3.59. The van der Waals surface area contributed by atoms with Crippen LogP contribution in [0.25, 0.3) is 6.08 Å². The fraction of sp³-hybridized carbons (Fsp3) is 0.174. The highest BCUT2D eigenvalue weighted by Crippen LogP contribution is 2.35. The number of hydrogen-bond acceptors (Lipinski definition) is 6. The van der Waals surface area contributed by atoms with Crippen LogP contribution in [0.4, 0.5) is 0 Å². The Hall–Kier alpha value is -3.16. The number of thiazole rings is 1. The molecule has 1 atom stereocenters. The van der Waals surface area contributed by atoms with Crippen LogP contribution in [0.5, 0.6) is 5.75 Å². The summed E-state index contributed by atoms with van der Waals surface area (Å²) in [4.78, 5) is 31.2. The molecule has 0 aliphatic carbocycles. The van der Waals surface area contributed by atoms with Crippen LogP contribution in [-0.2, 0) is 9.53 Å². The van der Waals surface area contributed by atoms with E-state index in [0.717, 1.165) is 5.56 Å². The van der Waals surface area contributed by atoms with Gasteiger partial charge >= 0.3 is 5.97 Å². The number of carbonyl (C=O) groups is 1. The topological polar surface area (TPSA) is 69.9 Å². The molecule has 2 aromatic carbocycles. The van der Waals surface area contributed by atoms with Gasteiger partial charge in [0, 0.05) is 10.6 Å². The predicted molar refractivity (Wildman–Crippen MR) is 120 cm³/mol. The predicted octanol–water partition coefficient (Wildman–Crippen LogP) is 3.07. The second-order valence-electron chi connectivity index (χ2n) is 6.87. The van der Waals surface area contributed by atoms with Crippen molar-refractivity contribution < 1.29 is 14.3 Å². The van der Waals surface area contributed by atoms with Gasteiger partial charge in [-0.1, -0.05) is 53.3 Å². The zero-order chi connectivity index (χ0) is 22.1. The number of allylic oxidation sites excluding steroid dienone is 1. The average molecular weight is 455 g/mol. The second-order valence-corrected chi connectivity index (χ2v) is 8.31. The maximum Gasteiger partial charge on any atom is 0.338 e. The van der Waals surface area contributed by atoms with Gasteiger partial charge in [-0.3, -0.25) is 9.36 Å². The third-order valence-corrected chi connectivity index (χ3v) is 6.26. The summed E-state index contributed by atoms with van der Waals surface area (Å²) in [5.41, 5.74) is 2.08. The molecule has 1 aromatic heterocycles. The van der Waals surface area contributed by atoms with Gasteiger partial charge in [-0.05, 0) is 36.8 Å². The third kappa shape index (κ3) is 3.82. The van der Waals surface area contributed by atoms with Crippen LogP contribution in [0.3, 0.4) is 0 Å². The molecule has 0 amide bonds. The van der Waals surface area contributed by atoms with Gasteiger partial charge in [0.05, 0.1) is 30.0 Å². The van der Waals surface area contributed by atoms with Gasteiger partial charge in [0.25, 0.3) is 5.56 Å². The molecule has 0 spiro atoms. The molecule has 158 valence electrons. The maximum atomic E-state index is 13.5. The lowest BCUT2D eigenvalue weighted by Crippen LogP contribution is -2.39. The van der Waals surface area contributed by atoms with E-state index in [-0.39, 0.29) is 5.56 Å². The van der Waals surface area contributed by atoms with E-state index in [4.69, 9.17) is 21.1 Å². The van der Waals surface area contributed by atoms with E-state index in [0.29, 0.717) is 36.9 Å². The normalized spacial score (nSPS) is 16.0. The Bertz CT molecular complexity index is 1370. The molecule has 8 heteroatoms. The molecule has 3 aromatic rings. The first kappa shape index (κ1) is 21.1. The highest BCUT2D eigenvalue weighted by molar-refractivity contribution is 7.07. The molecule has 1 unspecified atom stereocenters. The first-order valence-electron chi connectivity index (χ1n) is 9.44. The highest BCUT2D eigenvalue weighted by atomic mass is 35.5. The SMILES string of the molecule is COC(=O)C1=C(C)N=c2s/c(=C\c3ccc(Cl)cc3)c(=O)n2C1c1ccccc1OC. The Labute approximate surface area is 187 Å². The molecular weight excluding hydrogens is 436 g/mol. The van der Waals surface area contributed by atoms with Crippen LogP contribution in [0.15, 0.2) is 69.6 Å². The summed E-state index contributed by atoms with van der Waals surface area (Å²) in [6.45, 7) is 1.74. The smallest absolute Gasteiger partial charge is 0.338 e. The molecule has 4 rings (SSSR count). The lowest BCUT2D eigenvalue weighted by atomic mass is 9.95. The molecule has 0 N–H and O–H groups in total. The summed E-state index contributed by atoms with van der Waals surface area (Å²) >= 11 is 7.23. The van der Waals surface area contributed by atoms with Gasteiger partial charge in [0.2, 0.25) is 0 Å². The average Bonchev–Trinajstić information content (AvgIpc) is 3.08. The number of fused-ring (bicyclic) bond motifs is 1. The Morgan fingerprint density at radius 3 is 2.55 bits per heavy atom. The number of hydrogen-bond donors (Lipinski definition) is 0. The van der Waals surface area contributed by atoms with Gasteiger partial charge in [-0.15, -0.1) is 0 Å². The number of benzene rings is 2. The molecule has 0 radical (unpaired) electrons. The van der Waals surface area contributed by atoms with Crippen molar-refractivity contribution >= 4 is 35.0 Å². The van der Waals surface area contributed by atoms with Gasteiger partial charge in [-0.2, -0.15) is 0 Å². The van der Waals surface area contributed by atoms with E-state index in [2.05, 4.69) is 4.99 Å². The van der Waals surface area contributed by atoms with Crippen LogP contribution in [-0.4, -0.2) is 24.8 Å². The van der Waals surface area contributed by atoms with Crippen LogP contribution >= 0.6 is 22.9 Å². The number of carbonyl (C=O) groups excluding carboxylic acids is 1. The van der Waals surface area contributed by atoms with Crippen LogP contribution in [0.2, 0.25) is 5.02 Å². The number of para-hydroxylation sites is 1. The number of halogens is 1. The van der Waals surface area contributed by atoms with Crippen LogP contribution < -0.4 is 19.6 Å². The zero-order valence-electron chi connectivity index (χ0n) is 17.1. The molecule has 0 bridgehead atoms. The zero-order valence-corrected chi connectivity index (χ0v) is 18.7. The van der Waals surface area contributed by atoms with Crippen molar-refractivity contribution in [2.24, 2.45) is 4.99 Å². The molecule has 1 aliphatic heterocycles. The van der Waals surface area contributed by atoms with Crippen LogP contribution in [0.1, 0.15) is 24.1 Å². The van der Waals surface area contributed by atoms with Gasteiger partial charge < -0.3 is 9.47 Å². The van der Waals surface area contributed by atoms with Crippen molar-refractivity contribution in [3.63, 3.8) is 0 Å². The second kappa shape index (κ2) is 8.53. The summed E-state index contributed by atoms with van der Waals surface area (Å²) in [7, 11) is 2.87. The van der Waals surface area contributed by atoms with Gasteiger partial charge in [0.15, 0.2) is 4.80 Å². The van der Waals surface area contributed by atoms with E-state index in [1.807, 2.05) is 30.3 Å². The minimum absolute atomic E-state index is 0.247. The minimum Gasteiger partial charge on any atom is -0.496 e. The van der Waals surface area contributed by atoms with E-state index in [1.54, 1.807) is 38.3 Å². The van der Waals surface area contributed by atoms with Gasteiger partial charge in [0.1, 0.15) is 11.8 Å². The van der Waals surface area contributed by atoms with Crippen LogP contribution in [0, 0.1) is 0 Å². The van der Waals surface area contributed by atoms with Crippen molar-refractivity contribution in [3.8, 4) is 5.75 Å². The Morgan fingerprint density at radius 1 is 1.16 bits per heavy atom. The fourth-order valence-corrected chi connectivity index (χ4v) is 4.76. The van der Waals surface area contributed by atoms with E-state index in [9.17, 15) is 9.59 Å². The van der Waals surface area contributed by atoms with E-state index >= 15 is 0 Å². The maximum absolute atomic E-state index is 13.5. The summed E-state index contributed by atoms with van der Waals surface area (Å²) in [5, 5.41) is 0.619. The summed E-state index contributed by atoms with van der Waals surface area (Å²) in [6, 6.07) is 13.8. The monoisotopic (exact) mass is 454 g/mol. The molecule has 1 aliphatic rings. The number of nitrogens with zero attached hydrogens (tertiary/aromatic N) is 2. The Morgan fingerprint density at radius 2 is 1.87 bits per heavy atom. The number of methoxy groups -OCH3 is 2. The quantitative estimate of drug-likeness (QED) is 0.568. The lowest BCUT2D eigenvalue weighted by molar-refractivity contribution is -0.136. The van der Waals surface area contributed by atoms with Crippen molar-refractivity contribution in [2.75, 3.05) is 14.2 Å². The molecule has 2 heterocycles. The standard InChI is InChI=1S/C23H19ClN2O4S/c1-13-19(22(28)30-3)20(16-6-4-5-7-17(16)29-2)26-21(27)18(31-23(26)25-13)12-14-8-10-15(24)11-9-14/h4-12,20H,1-3H3/b18-12-. The molecule has 0 saturated carbocycles. The first-order chi connectivity index (χ1) is 14.9. The molecule has 0 saturated heterocycles. The highest BCUT2D eigenvalue weighted by Gasteiger charge is 2.34. The summed E-state index contributed by atoms with van der Waals surface area (Å²) in [5.74, 6) is 0.0278. The van der Waals surface area contributed by atoms with E-state index < -0.39 is 12.0 Å². The Balaban J connectivity index is 2.00. The molecular formula is C23H19ClN2O4S. The molecule has 0 fully saturated rings. The van der Waals surface area contributed by atoms with Gasteiger partial charge in [-0.25, -0.2) is 9.79 Å². The number of esters is 1. The minimum atomic E-state index is -0.716. The summed E-state index contributed by atoms with van der Waals surface area (Å²) in [6.07, 6.45) is 1.79. The summed E-state index contributed by atoms with van der Waals surface area (Å²) < 4.78 is 12.6. The van der Waals surface area contributed by atoms with Crippen molar-refractivity contribution in [3.05, 3.63) is 95.6 Å². The third-order valence-electron chi connectivity index (χ3n) is 5.03. The lowest BCUT2D eigenvalue weighted by Gasteiger charge is -2.25. The van der Waals surface area contributed by atoms with Crippen molar-refractivity contribution in [1.29, 1.82) is 0 Å². The van der Waals surface area contributed by atoms with Crippen molar-refractivity contribution in [1.82, 2.24) is 4.57 Å². The largest absolute Gasteiger partial charge is 0.496 e. The Kier molecular flexibility index (Phi) is 5.80. The number of aromatic nitrogens is 1. The number of rotatable bonds is 4. The van der Waals surface area contributed by atoms with Crippen molar-refractivity contribution in [2.45, 2.75) is 13.0 Å². The number of ether oxygens (including phenoxy) is 2. The van der Waals surface area contributed by atoms with E-state index in [1.165, 1.54) is 23.0 Å².